The fourth-order valence-electron chi connectivity index (χ4n) is 2.37. The third-order valence-corrected chi connectivity index (χ3v) is 3.78. The highest BCUT2D eigenvalue weighted by molar-refractivity contribution is 5.09. The van der Waals surface area contributed by atoms with Crippen LogP contribution in [0.15, 0.2) is 24.5 Å². The third-order valence-electron chi connectivity index (χ3n) is 3.78. The summed E-state index contributed by atoms with van der Waals surface area (Å²) in [6.07, 6.45) is 5.01. The predicted octanol–water partition coefficient (Wildman–Crippen LogP) is 2.00. The maximum atomic E-state index is 4.06. The Balaban J connectivity index is 1.80. The largest absolute Gasteiger partial charge is 0.298 e. The number of piperazine rings is 1. The fourth-order valence-corrected chi connectivity index (χ4v) is 2.37. The number of rotatable bonds is 4. The molecule has 0 spiro atoms. The molecule has 1 fully saturated rings. The molecule has 0 bridgehead atoms. The molecule has 0 radical (unpaired) electrons. The van der Waals surface area contributed by atoms with E-state index in [1.54, 1.807) is 0 Å². The van der Waals surface area contributed by atoms with Gasteiger partial charge in [-0.1, -0.05) is 6.92 Å². The van der Waals surface area contributed by atoms with Crippen molar-refractivity contribution in [2.24, 2.45) is 0 Å². The Morgan fingerprint density at radius 1 is 1.18 bits per heavy atom. The summed E-state index contributed by atoms with van der Waals surface area (Å²) in [4.78, 5) is 9.19. The number of pyridine rings is 1. The first-order chi connectivity index (χ1) is 8.29. The van der Waals surface area contributed by atoms with Gasteiger partial charge in [0.2, 0.25) is 0 Å². The fraction of sp³-hybridized carbons (Fsp3) is 0.643. The van der Waals surface area contributed by atoms with Gasteiger partial charge in [0, 0.05) is 51.2 Å². The van der Waals surface area contributed by atoms with Gasteiger partial charge in [-0.3, -0.25) is 14.8 Å². The molecule has 0 aliphatic carbocycles. The molecule has 0 amide bonds. The number of hydrogen-bond acceptors (Lipinski definition) is 3. The second-order valence-corrected chi connectivity index (χ2v) is 4.92. The van der Waals surface area contributed by atoms with Crippen LogP contribution in [0.25, 0.3) is 0 Å². The van der Waals surface area contributed by atoms with Crippen molar-refractivity contribution in [2.75, 3.05) is 26.2 Å². The van der Waals surface area contributed by atoms with Gasteiger partial charge in [-0.15, -0.1) is 0 Å². The monoisotopic (exact) mass is 233 g/mol. The zero-order chi connectivity index (χ0) is 12.1. The SMILES string of the molecule is CC[C@H](C)N1CCN(Cc2ccncc2)CC1. The lowest BCUT2D eigenvalue weighted by Crippen LogP contribution is -2.48. The van der Waals surface area contributed by atoms with Gasteiger partial charge in [0.25, 0.3) is 0 Å². The van der Waals surface area contributed by atoms with E-state index in [1.165, 1.54) is 38.2 Å². The molecule has 17 heavy (non-hydrogen) atoms. The van der Waals surface area contributed by atoms with E-state index in [0.717, 1.165) is 12.6 Å². The summed E-state index contributed by atoms with van der Waals surface area (Å²) < 4.78 is 0. The molecule has 1 saturated heterocycles. The summed E-state index contributed by atoms with van der Waals surface area (Å²) in [7, 11) is 0. The molecule has 1 aliphatic heterocycles. The van der Waals surface area contributed by atoms with E-state index in [9.17, 15) is 0 Å². The average Bonchev–Trinajstić information content (AvgIpc) is 2.40. The first kappa shape index (κ1) is 12.5. The molecule has 1 aromatic rings. The number of aromatic nitrogens is 1. The van der Waals surface area contributed by atoms with Crippen LogP contribution in [-0.2, 0) is 6.54 Å². The van der Waals surface area contributed by atoms with E-state index in [2.05, 4.69) is 40.8 Å². The van der Waals surface area contributed by atoms with Crippen LogP contribution in [0.3, 0.4) is 0 Å². The molecule has 1 atom stereocenters. The standard InChI is InChI=1S/C14H23N3/c1-3-13(2)17-10-8-16(9-11-17)12-14-4-6-15-7-5-14/h4-7,13H,3,8-12H2,1-2H3/t13-/m0/s1. The van der Waals surface area contributed by atoms with Crippen molar-refractivity contribution in [3.63, 3.8) is 0 Å². The molecule has 1 aliphatic rings. The Labute approximate surface area is 104 Å². The first-order valence-corrected chi connectivity index (χ1v) is 6.65. The maximum absolute atomic E-state index is 4.06. The molecular weight excluding hydrogens is 210 g/mol. The molecule has 2 rings (SSSR count). The van der Waals surface area contributed by atoms with Gasteiger partial charge in [-0.25, -0.2) is 0 Å². The topological polar surface area (TPSA) is 19.4 Å². The van der Waals surface area contributed by atoms with Crippen LogP contribution >= 0.6 is 0 Å². The van der Waals surface area contributed by atoms with Gasteiger partial charge >= 0.3 is 0 Å². The van der Waals surface area contributed by atoms with E-state index < -0.39 is 0 Å². The van der Waals surface area contributed by atoms with Crippen LogP contribution in [0.2, 0.25) is 0 Å². The molecule has 0 aromatic carbocycles. The van der Waals surface area contributed by atoms with Crippen molar-refractivity contribution in [1.82, 2.24) is 14.8 Å². The van der Waals surface area contributed by atoms with Crippen LogP contribution in [0.1, 0.15) is 25.8 Å². The van der Waals surface area contributed by atoms with Gasteiger partial charge in [0.05, 0.1) is 0 Å². The normalized spacial score (nSPS) is 20.4. The van der Waals surface area contributed by atoms with E-state index >= 15 is 0 Å². The third kappa shape index (κ3) is 3.51. The second-order valence-electron chi connectivity index (χ2n) is 4.92. The van der Waals surface area contributed by atoms with Crippen molar-refractivity contribution in [2.45, 2.75) is 32.9 Å². The van der Waals surface area contributed by atoms with Crippen molar-refractivity contribution >= 4 is 0 Å². The predicted molar refractivity (Wildman–Crippen MR) is 70.8 cm³/mol. The lowest BCUT2D eigenvalue weighted by atomic mass is 10.1. The Morgan fingerprint density at radius 3 is 2.41 bits per heavy atom. The van der Waals surface area contributed by atoms with E-state index in [1.807, 2.05) is 12.4 Å². The summed E-state index contributed by atoms with van der Waals surface area (Å²) >= 11 is 0. The highest BCUT2D eigenvalue weighted by Gasteiger charge is 2.19. The molecular formula is C14H23N3. The van der Waals surface area contributed by atoms with E-state index in [0.29, 0.717) is 0 Å². The minimum Gasteiger partial charge on any atom is -0.298 e. The molecule has 3 heteroatoms. The summed E-state index contributed by atoms with van der Waals surface area (Å²) in [5, 5.41) is 0. The Bertz CT molecular complexity index is 317. The highest BCUT2D eigenvalue weighted by Crippen LogP contribution is 2.11. The number of hydrogen-bond donors (Lipinski definition) is 0. The van der Waals surface area contributed by atoms with Gasteiger partial charge in [-0.05, 0) is 31.0 Å². The van der Waals surface area contributed by atoms with Crippen molar-refractivity contribution in [3.05, 3.63) is 30.1 Å². The smallest absolute Gasteiger partial charge is 0.0271 e. The van der Waals surface area contributed by atoms with Crippen LogP contribution < -0.4 is 0 Å². The molecule has 0 saturated carbocycles. The minimum absolute atomic E-state index is 0.734. The molecule has 2 heterocycles. The molecule has 3 nitrogen and oxygen atoms in total. The van der Waals surface area contributed by atoms with Gasteiger partial charge < -0.3 is 0 Å². The summed E-state index contributed by atoms with van der Waals surface area (Å²) in [5.74, 6) is 0. The van der Waals surface area contributed by atoms with Crippen LogP contribution in [-0.4, -0.2) is 47.0 Å². The zero-order valence-corrected chi connectivity index (χ0v) is 11.0. The Morgan fingerprint density at radius 2 is 1.82 bits per heavy atom. The molecule has 94 valence electrons. The van der Waals surface area contributed by atoms with E-state index in [-0.39, 0.29) is 0 Å². The lowest BCUT2D eigenvalue weighted by molar-refractivity contribution is 0.0963. The Kier molecular flexibility index (Phi) is 4.51. The van der Waals surface area contributed by atoms with Crippen molar-refractivity contribution in [3.8, 4) is 0 Å². The average molecular weight is 233 g/mol. The quantitative estimate of drug-likeness (QED) is 0.793. The lowest BCUT2D eigenvalue weighted by Gasteiger charge is -2.37. The van der Waals surface area contributed by atoms with Gasteiger partial charge in [0.15, 0.2) is 0 Å². The van der Waals surface area contributed by atoms with Crippen molar-refractivity contribution < 1.29 is 0 Å². The molecule has 0 unspecified atom stereocenters. The van der Waals surface area contributed by atoms with Gasteiger partial charge in [0.1, 0.15) is 0 Å². The van der Waals surface area contributed by atoms with Crippen LogP contribution in [0.5, 0.6) is 0 Å². The maximum Gasteiger partial charge on any atom is 0.0271 e. The zero-order valence-electron chi connectivity index (χ0n) is 11.0. The Hall–Kier alpha value is -0.930. The highest BCUT2D eigenvalue weighted by atomic mass is 15.3. The summed E-state index contributed by atoms with van der Waals surface area (Å²) in [6, 6.07) is 4.96. The van der Waals surface area contributed by atoms with E-state index in [4.69, 9.17) is 0 Å². The molecule has 1 aromatic heterocycles. The van der Waals surface area contributed by atoms with Crippen LogP contribution in [0.4, 0.5) is 0 Å². The number of nitrogens with zero attached hydrogens (tertiary/aromatic N) is 3. The molecule has 0 N–H and O–H groups in total. The second kappa shape index (κ2) is 6.12. The summed E-state index contributed by atoms with van der Waals surface area (Å²) in [6.45, 7) is 10.5. The van der Waals surface area contributed by atoms with Crippen LogP contribution in [0, 0.1) is 0 Å². The minimum atomic E-state index is 0.734. The van der Waals surface area contributed by atoms with Crippen molar-refractivity contribution in [1.29, 1.82) is 0 Å². The summed E-state index contributed by atoms with van der Waals surface area (Å²) in [5.41, 5.74) is 1.37. The van der Waals surface area contributed by atoms with Gasteiger partial charge in [-0.2, -0.15) is 0 Å². The first-order valence-electron chi connectivity index (χ1n) is 6.65.